The van der Waals surface area contributed by atoms with Crippen LogP contribution in [0.25, 0.3) is 0 Å². The van der Waals surface area contributed by atoms with E-state index >= 15 is 0 Å². The van der Waals surface area contributed by atoms with Gasteiger partial charge in [-0.2, -0.15) is 0 Å². The highest BCUT2D eigenvalue weighted by Gasteiger charge is 2.40. The number of piperidine rings is 1. The lowest BCUT2D eigenvalue weighted by Crippen LogP contribution is -2.52. The van der Waals surface area contributed by atoms with E-state index in [4.69, 9.17) is 4.74 Å². The summed E-state index contributed by atoms with van der Waals surface area (Å²) in [6.45, 7) is 0.540. The number of rotatable bonds is 7. The number of nitrogens with zero attached hydrogens (tertiary/aromatic N) is 2. The number of carbonyl (C=O) groups is 4. The van der Waals surface area contributed by atoms with Gasteiger partial charge in [0, 0.05) is 28.8 Å². The van der Waals surface area contributed by atoms with Crippen LogP contribution in [0.15, 0.2) is 40.6 Å². The minimum Gasteiger partial charge on any atom is -0.459 e. The number of carbonyl (C=O) groups excluding carboxylic acids is 4. The van der Waals surface area contributed by atoms with Crippen molar-refractivity contribution in [3.8, 4) is 0 Å². The number of allylic oxidation sites excluding steroid dienone is 2. The maximum absolute atomic E-state index is 13.0. The smallest absolute Gasteiger partial charge is 0.309 e. The zero-order valence-corrected chi connectivity index (χ0v) is 21.8. The summed E-state index contributed by atoms with van der Waals surface area (Å²) < 4.78 is 5.59. The molecule has 1 aromatic carbocycles. The number of thioether (sulfide) groups is 1. The highest BCUT2D eigenvalue weighted by molar-refractivity contribution is 7.98. The molecule has 4 aliphatic rings. The van der Waals surface area contributed by atoms with Crippen LogP contribution in [0.2, 0.25) is 0 Å². The minimum atomic E-state index is -0.625. The van der Waals surface area contributed by atoms with Gasteiger partial charge in [0.15, 0.2) is 0 Å². The molecule has 1 aromatic heterocycles. The highest BCUT2D eigenvalue weighted by Crippen LogP contribution is 2.42. The summed E-state index contributed by atoms with van der Waals surface area (Å²) in [6.07, 6.45) is 7.89. The number of ether oxygens (including phenoxy) is 1. The second-order valence-corrected chi connectivity index (χ2v) is 12.0. The molecule has 0 bridgehead atoms. The molecule has 6 rings (SSSR count). The van der Waals surface area contributed by atoms with Crippen molar-refractivity contribution in [1.82, 2.24) is 15.2 Å². The van der Waals surface area contributed by atoms with Gasteiger partial charge in [0.25, 0.3) is 5.91 Å². The molecular formula is C27H27N3O5S2. The number of hydrogen-bond donors (Lipinski definition) is 1. The van der Waals surface area contributed by atoms with Crippen LogP contribution in [0, 0.1) is 17.8 Å². The number of hydrogen-bond acceptors (Lipinski definition) is 8. The molecule has 192 valence electrons. The number of amides is 3. The van der Waals surface area contributed by atoms with Crippen molar-refractivity contribution in [2.45, 2.75) is 61.9 Å². The summed E-state index contributed by atoms with van der Waals surface area (Å²) in [5.74, 6) is 0.821. The minimum absolute atomic E-state index is 0.0116. The standard InChI is InChI=1S/C27H27N3O5S2/c31-23-9-8-21(25(32)29-23)30-11-20-19(26(30)33)2-1-3-22(20)36-14-24-28-18(13-37-24)12-35-27(34)17-7-5-15-4-6-16(15)10-17/h1-4,6,13,15-17,21H,5,7-12,14H2,(H,29,31,32). The van der Waals surface area contributed by atoms with E-state index in [0.717, 1.165) is 40.4 Å². The predicted molar refractivity (Wildman–Crippen MR) is 137 cm³/mol. The first-order valence-electron chi connectivity index (χ1n) is 12.6. The number of esters is 1. The number of fused-ring (bicyclic) bond motifs is 2. The lowest BCUT2D eigenvalue weighted by molar-refractivity contribution is -0.152. The number of nitrogens with one attached hydrogen (secondary N) is 1. The van der Waals surface area contributed by atoms with E-state index in [2.05, 4.69) is 22.5 Å². The summed E-state index contributed by atoms with van der Waals surface area (Å²) in [4.78, 5) is 56.6. The second kappa shape index (κ2) is 10.1. The molecule has 2 aromatic rings. The molecule has 1 N–H and O–H groups in total. The van der Waals surface area contributed by atoms with Gasteiger partial charge in [0.1, 0.15) is 17.7 Å². The predicted octanol–water partition coefficient (Wildman–Crippen LogP) is 3.84. The van der Waals surface area contributed by atoms with Crippen LogP contribution in [0.3, 0.4) is 0 Å². The van der Waals surface area contributed by atoms with Crippen LogP contribution < -0.4 is 5.32 Å². The Morgan fingerprint density at radius 3 is 2.81 bits per heavy atom. The van der Waals surface area contributed by atoms with Crippen molar-refractivity contribution < 1.29 is 23.9 Å². The van der Waals surface area contributed by atoms with E-state index < -0.39 is 11.9 Å². The molecule has 10 heteroatoms. The highest BCUT2D eigenvalue weighted by atomic mass is 32.2. The van der Waals surface area contributed by atoms with Gasteiger partial charge in [-0.05, 0) is 55.2 Å². The van der Waals surface area contributed by atoms with Crippen LogP contribution in [-0.2, 0) is 38.0 Å². The third-order valence-corrected chi connectivity index (χ3v) is 9.94. The van der Waals surface area contributed by atoms with Gasteiger partial charge in [-0.3, -0.25) is 24.5 Å². The molecule has 2 fully saturated rings. The Balaban J connectivity index is 1.04. The Morgan fingerprint density at radius 2 is 2.03 bits per heavy atom. The van der Waals surface area contributed by atoms with Crippen molar-refractivity contribution >= 4 is 46.8 Å². The maximum atomic E-state index is 13.0. The van der Waals surface area contributed by atoms with Crippen molar-refractivity contribution in [3.63, 3.8) is 0 Å². The SMILES string of the molecule is O=C1CCC(N2Cc3c(SCc4nc(COC(=O)C5CCC6C=CC6C5)cs4)cccc3C2=O)C(=O)N1. The largest absolute Gasteiger partial charge is 0.459 e. The molecule has 3 amide bonds. The molecule has 4 unspecified atom stereocenters. The van der Waals surface area contributed by atoms with E-state index in [1.54, 1.807) is 22.7 Å². The maximum Gasteiger partial charge on any atom is 0.309 e. The Labute approximate surface area is 222 Å². The zero-order chi connectivity index (χ0) is 25.5. The van der Waals surface area contributed by atoms with Crippen molar-refractivity contribution in [2.24, 2.45) is 17.8 Å². The van der Waals surface area contributed by atoms with E-state index in [1.807, 2.05) is 17.5 Å². The van der Waals surface area contributed by atoms with Gasteiger partial charge in [-0.15, -0.1) is 23.1 Å². The summed E-state index contributed by atoms with van der Waals surface area (Å²) >= 11 is 3.13. The van der Waals surface area contributed by atoms with Gasteiger partial charge >= 0.3 is 5.97 Å². The fourth-order valence-corrected chi connectivity index (χ4v) is 7.50. The lowest BCUT2D eigenvalue weighted by Gasteiger charge is -2.37. The van der Waals surface area contributed by atoms with Crippen LogP contribution in [-0.4, -0.2) is 39.6 Å². The summed E-state index contributed by atoms with van der Waals surface area (Å²) in [7, 11) is 0. The average Bonchev–Trinajstić information content (AvgIpc) is 3.47. The third kappa shape index (κ3) is 4.84. The van der Waals surface area contributed by atoms with E-state index in [-0.39, 0.29) is 36.7 Å². The number of imide groups is 1. The molecule has 0 spiro atoms. The first-order valence-corrected chi connectivity index (χ1v) is 14.5. The van der Waals surface area contributed by atoms with Gasteiger partial charge in [-0.1, -0.05) is 18.2 Å². The molecule has 8 nitrogen and oxygen atoms in total. The van der Waals surface area contributed by atoms with E-state index in [9.17, 15) is 19.2 Å². The lowest BCUT2D eigenvalue weighted by atomic mass is 9.68. The Kier molecular flexibility index (Phi) is 6.62. The molecule has 4 atom stereocenters. The van der Waals surface area contributed by atoms with Crippen LogP contribution in [0.1, 0.15) is 58.7 Å². The summed E-state index contributed by atoms with van der Waals surface area (Å²) in [6, 6.07) is 5.00. The summed E-state index contributed by atoms with van der Waals surface area (Å²) in [5, 5.41) is 5.19. The first kappa shape index (κ1) is 24.4. The van der Waals surface area contributed by atoms with Gasteiger partial charge in [0.05, 0.1) is 17.4 Å². The van der Waals surface area contributed by atoms with Crippen molar-refractivity contribution in [3.05, 3.63) is 57.6 Å². The van der Waals surface area contributed by atoms with Crippen LogP contribution >= 0.6 is 23.1 Å². The van der Waals surface area contributed by atoms with Crippen molar-refractivity contribution in [1.29, 1.82) is 0 Å². The molecule has 37 heavy (non-hydrogen) atoms. The Hall–Kier alpha value is -2.98. The van der Waals surface area contributed by atoms with Gasteiger partial charge in [-0.25, -0.2) is 4.98 Å². The molecular weight excluding hydrogens is 510 g/mol. The van der Waals surface area contributed by atoms with Crippen molar-refractivity contribution in [2.75, 3.05) is 0 Å². The van der Waals surface area contributed by atoms with E-state index in [0.29, 0.717) is 36.1 Å². The fourth-order valence-electron chi connectivity index (χ4n) is 5.62. The molecule has 2 aliphatic carbocycles. The average molecular weight is 538 g/mol. The normalized spacial score (nSPS) is 26.4. The zero-order valence-electron chi connectivity index (χ0n) is 20.2. The van der Waals surface area contributed by atoms with Gasteiger partial charge < -0.3 is 9.64 Å². The second-order valence-electron chi connectivity index (χ2n) is 10.0. The summed E-state index contributed by atoms with van der Waals surface area (Å²) in [5.41, 5.74) is 2.26. The Morgan fingerprint density at radius 1 is 1.16 bits per heavy atom. The molecule has 1 saturated heterocycles. The topological polar surface area (TPSA) is 106 Å². The molecule has 0 radical (unpaired) electrons. The number of benzene rings is 1. The molecule has 1 saturated carbocycles. The monoisotopic (exact) mass is 537 g/mol. The number of aromatic nitrogens is 1. The molecule has 3 heterocycles. The number of thiazole rings is 1. The van der Waals surface area contributed by atoms with Crippen LogP contribution in [0.5, 0.6) is 0 Å². The first-order chi connectivity index (χ1) is 18.0. The Bertz CT molecular complexity index is 1300. The van der Waals surface area contributed by atoms with E-state index in [1.165, 1.54) is 11.3 Å². The third-order valence-electron chi connectivity index (χ3n) is 7.75. The van der Waals surface area contributed by atoms with Gasteiger partial charge in [0.2, 0.25) is 11.8 Å². The molecule has 2 aliphatic heterocycles. The van der Waals surface area contributed by atoms with Crippen LogP contribution in [0.4, 0.5) is 0 Å². The quantitative estimate of drug-likeness (QED) is 0.248. The fraction of sp³-hybridized carbons (Fsp3) is 0.444.